The molecular weight excluding hydrogens is 516 g/mol. The van der Waals surface area contributed by atoms with E-state index in [-0.39, 0.29) is 21.3 Å². The van der Waals surface area contributed by atoms with Crippen molar-refractivity contribution in [3.63, 3.8) is 0 Å². The monoisotopic (exact) mass is 535 g/mol. The Bertz CT molecular complexity index is 1460. The number of fused-ring (bicyclic) bond motifs is 1. The molecule has 7 nitrogen and oxygen atoms in total. The fourth-order valence-corrected chi connectivity index (χ4v) is 6.20. The van der Waals surface area contributed by atoms with E-state index in [1.54, 1.807) is 38.1 Å². The Morgan fingerprint density at radius 2 is 1.77 bits per heavy atom. The van der Waals surface area contributed by atoms with E-state index in [9.17, 15) is 22.4 Å². The lowest BCUT2D eigenvalue weighted by Crippen LogP contribution is -2.52. The molecule has 2 N–H and O–H groups in total. The third-order valence-corrected chi connectivity index (χ3v) is 8.25. The molecule has 0 aliphatic carbocycles. The molecule has 1 atom stereocenters. The number of aryl methyl sites for hydroxylation is 2. The van der Waals surface area contributed by atoms with Crippen LogP contribution in [0.2, 0.25) is 10.0 Å². The molecule has 0 saturated heterocycles. The summed E-state index contributed by atoms with van der Waals surface area (Å²) in [5.74, 6) is -1.93. The summed E-state index contributed by atoms with van der Waals surface area (Å²) < 4.78 is 42.2. The fraction of sp³-hybridized carbons (Fsp3) is 0.167. The quantitative estimate of drug-likeness (QED) is 0.463. The fourth-order valence-electron chi connectivity index (χ4n) is 3.84. The van der Waals surface area contributed by atoms with E-state index in [1.165, 1.54) is 18.2 Å². The molecule has 3 aromatic rings. The minimum absolute atomic E-state index is 0.0316. The van der Waals surface area contributed by atoms with Gasteiger partial charge in [-0.2, -0.15) is 0 Å². The van der Waals surface area contributed by atoms with Crippen molar-refractivity contribution in [3.8, 4) is 0 Å². The molecule has 3 aromatic carbocycles. The minimum Gasteiger partial charge on any atom is -0.325 e. The van der Waals surface area contributed by atoms with Crippen LogP contribution in [0.1, 0.15) is 17.5 Å². The van der Waals surface area contributed by atoms with Gasteiger partial charge >= 0.3 is 0 Å². The number of amides is 2. The molecule has 1 aliphatic rings. The predicted molar refractivity (Wildman–Crippen MR) is 134 cm³/mol. The van der Waals surface area contributed by atoms with Crippen LogP contribution in [0.25, 0.3) is 0 Å². The van der Waals surface area contributed by atoms with Crippen LogP contribution < -0.4 is 14.9 Å². The van der Waals surface area contributed by atoms with Gasteiger partial charge in [-0.1, -0.05) is 35.3 Å². The van der Waals surface area contributed by atoms with Gasteiger partial charge in [0.05, 0.1) is 33.4 Å². The lowest BCUT2D eigenvalue weighted by atomic mass is 10.1. The van der Waals surface area contributed by atoms with Crippen LogP contribution in [-0.4, -0.2) is 26.3 Å². The molecule has 182 valence electrons. The summed E-state index contributed by atoms with van der Waals surface area (Å²) in [6.45, 7) is 3.28. The number of para-hydroxylation sites is 2. The number of halogens is 3. The molecule has 0 aromatic heterocycles. The van der Waals surface area contributed by atoms with Crippen LogP contribution in [-0.2, 0) is 19.6 Å². The average molecular weight is 536 g/mol. The van der Waals surface area contributed by atoms with Gasteiger partial charge < -0.3 is 10.6 Å². The first-order valence-electron chi connectivity index (χ1n) is 10.4. The first-order chi connectivity index (χ1) is 16.5. The smallest absolute Gasteiger partial charge is 0.265 e. The van der Waals surface area contributed by atoms with E-state index >= 15 is 0 Å². The van der Waals surface area contributed by atoms with E-state index < -0.39 is 40.1 Å². The van der Waals surface area contributed by atoms with Gasteiger partial charge in [-0.25, -0.2) is 12.8 Å². The van der Waals surface area contributed by atoms with Gasteiger partial charge in [0.25, 0.3) is 10.0 Å². The highest BCUT2D eigenvalue weighted by Gasteiger charge is 2.42. The van der Waals surface area contributed by atoms with Gasteiger partial charge in [0, 0.05) is 5.02 Å². The Labute approximate surface area is 211 Å². The first kappa shape index (κ1) is 25.0. The summed E-state index contributed by atoms with van der Waals surface area (Å²) in [5, 5.41) is 5.55. The summed E-state index contributed by atoms with van der Waals surface area (Å²) in [6, 6.07) is 11.4. The summed E-state index contributed by atoms with van der Waals surface area (Å²) in [5.41, 5.74) is 1.59. The van der Waals surface area contributed by atoms with Crippen molar-refractivity contribution in [2.75, 3.05) is 14.9 Å². The Morgan fingerprint density at radius 1 is 1.06 bits per heavy atom. The number of sulfonamides is 1. The first-order valence-corrected chi connectivity index (χ1v) is 12.6. The van der Waals surface area contributed by atoms with E-state index in [0.717, 1.165) is 16.4 Å². The summed E-state index contributed by atoms with van der Waals surface area (Å²) >= 11 is 12.2. The van der Waals surface area contributed by atoms with Crippen molar-refractivity contribution in [2.45, 2.75) is 31.2 Å². The molecular formula is C24H20Cl2FN3O4S. The van der Waals surface area contributed by atoms with E-state index in [4.69, 9.17) is 23.2 Å². The van der Waals surface area contributed by atoms with Gasteiger partial charge in [0.1, 0.15) is 11.9 Å². The van der Waals surface area contributed by atoms with Crippen molar-refractivity contribution in [1.29, 1.82) is 0 Å². The van der Waals surface area contributed by atoms with Gasteiger partial charge in [0.15, 0.2) is 0 Å². The maximum absolute atomic E-state index is 13.9. The van der Waals surface area contributed by atoms with Gasteiger partial charge in [-0.05, 0) is 67.4 Å². The van der Waals surface area contributed by atoms with Crippen LogP contribution in [0.5, 0.6) is 0 Å². The number of hydrogen-bond acceptors (Lipinski definition) is 4. The molecule has 11 heteroatoms. The molecule has 2 amide bonds. The lowest BCUT2D eigenvalue weighted by Gasteiger charge is -2.37. The van der Waals surface area contributed by atoms with Gasteiger partial charge in [0.2, 0.25) is 11.8 Å². The summed E-state index contributed by atoms with van der Waals surface area (Å²) in [4.78, 5) is 25.9. The third kappa shape index (κ3) is 4.84. The SMILES string of the molecule is Cc1cc(S(=O)(=O)N2c3ccccc3NC(=O)C2CC(=O)Nc2ccc(F)cc2Cl)c(C)cc1Cl. The highest BCUT2D eigenvalue weighted by atomic mass is 35.5. The van der Waals surface area contributed by atoms with Gasteiger partial charge in [-0.15, -0.1) is 0 Å². The second-order valence-electron chi connectivity index (χ2n) is 8.07. The maximum Gasteiger partial charge on any atom is 0.265 e. The topological polar surface area (TPSA) is 95.6 Å². The zero-order valence-corrected chi connectivity index (χ0v) is 20.9. The Balaban J connectivity index is 1.76. The van der Waals surface area contributed by atoms with Crippen LogP contribution >= 0.6 is 23.2 Å². The van der Waals surface area contributed by atoms with Crippen LogP contribution in [0.15, 0.2) is 59.5 Å². The van der Waals surface area contributed by atoms with Crippen molar-refractivity contribution in [1.82, 2.24) is 0 Å². The van der Waals surface area contributed by atoms with Crippen molar-refractivity contribution >= 4 is 62.1 Å². The summed E-state index contributed by atoms with van der Waals surface area (Å²) in [7, 11) is -4.30. The predicted octanol–water partition coefficient (Wildman–Crippen LogP) is 5.29. The Hall–Kier alpha value is -3.14. The number of nitrogens with one attached hydrogen (secondary N) is 2. The second-order valence-corrected chi connectivity index (χ2v) is 10.7. The van der Waals surface area contributed by atoms with Crippen LogP contribution in [0, 0.1) is 19.7 Å². The number of nitrogens with zero attached hydrogens (tertiary/aromatic N) is 1. The number of hydrogen-bond donors (Lipinski definition) is 2. The van der Waals surface area contributed by atoms with E-state index in [0.29, 0.717) is 21.8 Å². The van der Waals surface area contributed by atoms with Gasteiger partial charge in [-0.3, -0.25) is 13.9 Å². The number of benzene rings is 3. The van der Waals surface area contributed by atoms with Crippen LogP contribution in [0.3, 0.4) is 0 Å². The second kappa shape index (κ2) is 9.49. The largest absolute Gasteiger partial charge is 0.325 e. The maximum atomic E-state index is 13.9. The molecule has 1 heterocycles. The highest BCUT2D eigenvalue weighted by Crippen LogP contribution is 2.38. The number of rotatable bonds is 5. The van der Waals surface area contributed by atoms with Crippen molar-refractivity contribution in [2.24, 2.45) is 0 Å². The zero-order chi connectivity index (χ0) is 25.5. The zero-order valence-electron chi connectivity index (χ0n) is 18.6. The van der Waals surface area contributed by atoms with E-state index in [2.05, 4.69) is 10.6 Å². The molecule has 0 fully saturated rings. The Morgan fingerprint density at radius 3 is 2.49 bits per heavy atom. The van der Waals surface area contributed by atoms with E-state index in [1.807, 2.05) is 0 Å². The minimum atomic E-state index is -4.30. The highest BCUT2D eigenvalue weighted by molar-refractivity contribution is 7.93. The van der Waals surface area contributed by atoms with Crippen molar-refractivity contribution < 1.29 is 22.4 Å². The molecule has 1 unspecified atom stereocenters. The van der Waals surface area contributed by atoms with Crippen LogP contribution in [0.4, 0.5) is 21.5 Å². The molecule has 0 spiro atoms. The standard InChI is InChI=1S/C24H20Cl2FN3O4S/c1-13-10-22(14(2)9-16(13)25)35(33,34)30-20-6-4-3-5-19(20)29-24(32)21(30)12-23(31)28-18-8-7-15(27)11-17(18)26/h3-11,21H,12H2,1-2H3,(H,28,31)(H,29,32). The lowest BCUT2D eigenvalue weighted by molar-refractivity contribution is -0.122. The molecule has 0 bridgehead atoms. The third-order valence-electron chi connectivity index (χ3n) is 5.56. The summed E-state index contributed by atoms with van der Waals surface area (Å²) in [6.07, 6.45) is -0.515. The number of carbonyl (C=O) groups excluding carboxylic acids is 2. The molecule has 0 radical (unpaired) electrons. The molecule has 4 rings (SSSR count). The Kier molecular flexibility index (Phi) is 6.77. The molecule has 35 heavy (non-hydrogen) atoms. The molecule has 0 saturated carbocycles. The normalized spacial score (nSPS) is 15.4. The average Bonchev–Trinajstić information content (AvgIpc) is 2.78. The van der Waals surface area contributed by atoms with Crippen molar-refractivity contribution in [3.05, 3.63) is 81.6 Å². The number of carbonyl (C=O) groups is 2. The number of anilines is 3. The molecule has 1 aliphatic heterocycles.